The first kappa shape index (κ1) is 21.1. The molecule has 0 aliphatic carbocycles. The van der Waals surface area contributed by atoms with E-state index in [1.165, 1.54) is 0 Å². The lowest BCUT2D eigenvalue weighted by Crippen LogP contribution is -2.43. The third kappa shape index (κ3) is 5.69. The largest absolute Gasteiger partial charge is 0.342 e. The van der Waals surface area contributed by atoms with Crippen molar-refractivity contribution in [1.29, 1.82) is 0 Å². The molecule has 1 N–H and O–H groups in total. The normalized spacial score (nSPS) is 11.7. The minimum Gasteiger partial charge on any atom is -0.342 e. The fourth-order valence-electron chi connectivity index (χ4n) is 3.12. The predicted molar refractivity (Wildman–Crippen MR) is 118 cm³/mol. The molecule has 0 fully saturated rings. The average molecular weight is 426 g/mol. The van der Waals surface area contributed by atoms with Gasteiger partial charge in [0.05, 0.1) is 16.6 Å². The van der Waals surface area contributed by atoms with E-state index in [4.69, 9.17) is 23.2 Å². The van der Waals surface area contributed by atoms with Crippen molar-refractivity contribution in [2.45, 2.75) is 25.8 Å². The number of ketones is 1. The Bertz CT molecular complexity index is 1020. The van der Waals surface area contributed by atoms with Gasteiger partial charge in [-0.2, -0.15) is 0 Å². The molecule has 1 unspecified atom stereocenters. The lowest BCUT2D eigenvalue weighted by Gasteiger charge is -2.19. The van der Waals surface area contributed by atoms with Crippen LogP contribution in [0.1, 0.15) is 27.0 Å². The van der Waals surface area contributed by atoms with E-state index in [1.807, 2.05) is 43.3 Å². The second-order valence-electron chi connectivity index (χ2n) is 6.91. The predicted octanol–water partition coefficient (Wildman–Crippen LogP) is 5.45. The number of nitrogens with one attached hydrogen (secondary N) is 1. The number of carbonyl (C=O) groups excluding carboxylic acids is 2. The summed E-state index contributed by atoms with van der Waals surface area (Å²) >= 11 is 12.2. The first-order valence-corrected chi connectivity index (χ1v) is 10.1. The Balaban J connectivity index is 1.84. The topological polar surface area (TPSA) is 46.2 Å². The molecule has 0 bridgehead atoms. The summed E-state index contributed by atoms with van der Waals surface area (Å²) in [7, 11) is 0. The lowest BCUT2D eigenvalue weighted by atomic mass is 9.95. The maximum absolute atomic E-state index is 13.1. The minimum atomic E-state index is -0.681. The number of rotatable bonds is 7. The van der Waals surface area contributed by atoms with Crippen LogP contribution in [0.5, 0.6) is 0 Å². The van der Waals surface area contributed by atoms with E-state index < -0.39 is 6.04 Å². The molecule has 0 saturated carbocycles. The van der Waals surface area contributed by atoms with Crippen LogP contribution in [-0.4, -0.2) is 17.7 Å². The number of Topliss-reactive ketones (excluding diaryl/α,β-unsaturated/α-hetero) is 1. The summed E-state index contributed by atoms with van der Waals surface area (Å²) in [5.41, 5.74) is 3.15. The number of halogens is 2. The number of hydrogen-bond acceptors (Lipinski definition) is 2. The Kier molecular flexibility index (Phi) is 7.08. The molecular weight excluding hydrogens is 405 g/mol. The van der Waals surface area contributed by atoms with Crippen LogP contribution in [0.2, 0.25) is 10.0 Å². The van der Waals surface area contributed by atoms with Crippen molar-refractivity contribution in [3.05, 3.63) is 105 Å². The lowest BCUT2D eigenvalue weighted by molar-refractivity contribution is -0.120. The number of benzene rings is 3. The van der Waals surface area contributed by atoms with Crippen molar-refractivity contribution in [3.63, 3.8) is 0 Å². The van der Waals surface area contributed by atoms with Crippen LogP contribution in [0.3, 0.4) is 0 Å². The number of amides is 1. The zero-order valence-corrected chi connectivity index (χ0v) is 17.5. The summed E-state index contributed by atoms with van der Waals surface area (Å²) in [6, 6.07) is 21.2. The molecule has 3 aromatic carbocycles. The van der Waals surface area contributed by atoms with E-state index in [0.717, 1.165) is 16.7 Å². The fraction of sp³-hybridized carbons (Fsp3) is 0.167. The minimum absolute atomic E-state index is 0.0837. The second-order valence-corrected chi connectivity index (χ2v) is 7.75. The van der Waals surface area contributed by atoms with Gasteiger partial charge in [-0.05, 0) is 54.3 Å². The zero-order chi connectivity index (χ0) is 20.8. The quantitative estimate of drug-likeness (QED) is 0.546. The highest BCUT2D eigenvalue weighted by Gasteiger charge is 2.23. The van der Waals surface area contributed by atoms with Gasteiger partial charge in [-0.3, -0.25) is 9.59 Å². The van der Waals surface area contributed by atoms with E-state index in [9.17, 15) is 9.59 Å². The Morgan fingerprint density at radius 3 is 2.34 bits per heavy atom. The van der Waals surface area contributed by atoms with Crippen molar-refractivity contribution in [3.8, 4) is 0 Å². The highest BCUT2D eigenvalue weighted by atomic mass is 35.5. The molecular formula is C24H21Cl2NO2. The van der Waals surface area contributed by atoms with Crippen LogP contribution < -0.4 is 5.32 Å². The molecule has 0 aliphatic heterocycles. The molecule has 29 heavy (non-hydrogen) atoms. The van der Waals surface area contributed by atoms with Crippen molar-refractivity contribution >= 4 is 34.9 Å². The summed E-state index contributed by atoms with van der Waals surface area (Å²) < 4.78 is 0. The zero-order valence-electron chi connectivity index (χ0n) is 16.0. The molecule has 5 heteroatoms. The van der Waals surface area contributed by atoms with Gasteiger partial charge < -0.3 is 5.32 Å². The summed E-state index contributed by atoms with van der Waals surface area (Å²) in [6.07, 6.45) is 0.585. The Labute approximate surface area is 180 Å². The Morgan fingerprint density at radius 1 is 0.931 bits per heavy atom. The van der Waals surface area contributed by atoms with E-state index in [-0.39, 0.29) is 18.1 Å². The molecule has 3 aromatic rings. The van der Waals surface area contributed by atoms with Crippen LogP contribution in [0.4, 0.5) is 0 Å². The van der Waals surface area contributed by atoms with E-state index in [1.54, 1.807) is 36.4 Å². The third-order valence-electron chi connectivity index (χ3n) is 4.77. The Hall–Kier alpha value is -2.62. The van der Waals surface area contributed by atoms with Crippen LogP contribution in [-0.2, 0) is 17.6 Å². The summed E-state index contributed by atoms with van der Waals surface area (Å²) in [6.45, 7) is 1.94. The van der Waals surface area contributed by atoms with Crippen LogP contribution >= 0.6 is 23.2 Å². The second kappa shape index (κ2) is 9.73. The molecule has 0 saturated heterocycles. The van der Waals surface area contributed by atoms with Crippen molar-refractivity contribution in [2.75, 3.05) is 0 Å². The maximum Gasteiger partial charge on any atom is 0.253 e. The van der Waals surface area contributed by atoms with Crippen LogP contribution in [0.15, 0.2) is 72.8 Å². The van der Waals surface area contributed by atoms with Crippen molar-refractivity contribution < 1.29 is 9.59 Å². The van der Waals surface area contributed by atoms with Crippen molar-refractivity contribution in [1.82, 2.24) is 5.32 Å². The van der Waals surface area contributed by atoms with E-state index in [0.29, 0.717) is 22.0 Å². The molecule has 3 rings (SSSR count). The molecule has 0 aliphatic rings. The molecule has 1 amide bonds. The fourth-order valence-corrected chi connectivity index (χ4v) is 3.53. The van der Waals surface area contributed by atoms with Crippen LogP contribution in [0.25, 0.3) is 0 Å². The summed E-state index contributed by atoms with van der Waals surface area (Å²) in [5.74, 6) is -0.452. The molecule has 0 aromatic heterocycles. The van der Waals surface area contributed by atoms with Gasteiger partial charge in [0.25, 0.3) is 5.91 Å². The standard InChI is InChI=1S/C24H21Cl2NO2/c1-16-11-12-19(25)14-18(16)15-23(28)22(13-17-7-3-2-4-8-17)27-24(29)20-9-5-6-10-21(20)26/h2-12,14,22H,13,15H2,1H3,(H,27,29). The number of aryl methyl sites for hydroxylation is 1. The third-order valence-corrected chi connectivity index (χ3v) is 5.34. The highest BCUT2D eigenvalue weighted by molar-refractivity contribution is 6.33. The van der Waals surface area contributed by atoms with Gasteiger partial charge in [0.1, 0.15) is 0 Å². The first-order valence-electron chi connectivity index (χ1n) is 9.31. The van der Waals surface area contributed by atoms with Gasteiger partial charge in [0, 0.05) is 11.4 Å². The van der Waals surface area contributed by atoms with Gasteiger partial charge in [-0.1, -0.05) is 71.7 Å². The van der Waals surface area contributed by atoms with Gasteiger partial charge >= 0.3 is 0 Å². The highest BCUT2D eigenvalue weighted by Crippen LogP contribution is 2.18. The smallest absolute Gasteiger partial charge is 0.253 e. The molecule has 148 valence electrons. The monoisotopic (exact) mass is 425 g/mol. The van der Waals surface area contributed by atoms with Gasteiger partial charge in [0.2, 0.25) is 0 Å². The molecule has 0 radical (unpaired) electrons. The SMILES string of the molecule is Cc1ccc(Cl)cc1CC(=O)C(Cc1ccccc1)NC(=O)c1ccccc1Cl. The van der Waals surface area contributed by atoms with Crippen molar-refractivity contribution in [2.24, 2.45) is 0 Å². The van der Waals surface area contributed by atoms with Gasteiger partial charge in [0.15, 0.2) is 5.78 Å². The van der Waals surface area contributed by atoms with Gasteiger partial charge in [-0.15, -0.1) is 0 Å². The molecule has 0 spiro atoms. The van der Waals surface area contributed by atoms with E-state index >= 15 is 0 Å². The average Bonchev–Trinajstić information content (AvgIpc) is 2.71. The molecule has 0 heterocycles. The number of hydrogen-bond donors (Lipinski definition) is 1. The maximum atomic E-state index is 13.1. The van der Waals surface area contributed by atoms with Crippen LogP contribution in [0, 0.1) is 6.92 Å². The van der Waals surface area contributed by atoms with Gasteiger partial charge in [-0.25, -0.2) is 0 Å². The summed E-state index contributed by atoms with van der Waals surface area (Å²) in [5, 5.41) is 3.80. The van der Waals surface area contributed by atoms with E-state index in [2.05, 4.69) is 5.32 Å². The molecule has 3 nitrogen and oxygen atoms in total. The molecule has 1 atom stereocenters. The summed E-state index contributed by atoms with van der Waals surface area (Å²) in [4.78, 5) is 25.9. The number of carbonyl (C=O) groups is 2. The Morgan fingerprint density at radius 2 is 1.62 bits per heavy atom. The first-order chi connectivity index (χ1) is 13.9.